The van der Waals surface area contributed by atoms with Gasteiger partial charge >= 0.3 is 0 Å². The van der Waals surface area contributed by atoms with Gasteiger partial charge in [-0.2, -0.15) is 0 Å². The molecular formula is C15H9N3O4S2. The van der Waals surface area contributed by atoms with Gasteiger partial charge in [0.1, 0.15) is 0 Å². The Labute approximate surface area is 143 Å². The topological polar surface area (TPSA) is 99.2 Å². The van der Waals surface area contributed by atoms with E-state index in [0.717, 1.165) is 11.8 Å². The van der Waals surface area contributed by atoms with Crippen molar-refractivity contribution in [2.45, 2.75) is 4.34 Å². The molecule has 1 heterocycles. The molecular weight excluding hydrogens is 350 g/mol. The van der Waals surface area contributed by atoms with Crippen molar-refractivity contribution in [1.82, 2.24) is 4.98 Å². The number of nitrogens with zero attached hydrogens (tertiary/aromatic N) is 3. The van der Waals surface area contributed by atoms with Crippen LogP contribution < -0.4 is 0 Å². The van der Waals surface area contributed by atoms with Crippen LogP contribution in [-0.4, -0.2) is 14.8 Å². The van der Waals surface area contributed by atoms with E-state index in [-0.39, 0.29) is 11.4 Å². The van der Waals surface area contributed by atoms with E-state index in [2.05, 4.69) is 4.98 Å². The van der Waals surface area contributed by atoms with Crippen molar-refractivity contribution < 1.29 is 9.85 Å². The molecule has 0 unspecified atom stereocenters. The Morgan fingerprint density at radius 1 is 1.12 bits per heavy atom. The molecule has 7 nitrogen and oxygen atoms in total. The zero-order chi connectivity index (χ0) is 17.1. The summed E-state index contributed by atoms with van der Waals surface area (Å²) in [5, 5.41) is 23.5. The SMILES string of the molecule is O=[N+]([O-])/C(=C/Sc1nc2ccc([N+](=O)[O-])cc2s1)c1ccccc1. The fourth-order valence-electron chi connectivity index (χ4n) is 1.99. The van der Waals surface area contributed by atoms with Gasteiger partial charge in [0.2, 0.25) is 0 Å². The quantitative estimate of drug-likeness (QED) is 0.376. The van der Waals surface area contributed by atoms with E-state index in [0.29, 0.717) is 20.1 Å². The van der Waals surface area contributed by atoms with E-state index in [1.54, 1.807) is 36.4 Å². The van der Waals surface area contributed by atoms with E-state index >= 15 is 0 Å². The van der Waals surface area contributed by atoms with Gasteiger partial charge < -0.3 is 0 Å². The Kier molecular flexibility index (Phi) is 4.54. The first kappa shape index (κ1) is 16.1. The lowest BCUT2D eigenvalue weighted by atomic mass is 10.2. The maximum Gasteiger partial charge on any atom is 0.283 e. The van der Waals surface area contributed by atoms with E-state index in [4.69, 9.17) is 0 Å². The molecule has 24 heavy (non-hydrogen) atoms. The second-order valence-corrected chi connectivity index (χ2v) is 6.78. The first-order chi connectivity index (χ1) is 11.5. The molecule has 0 aliphatic carbocycles. The van der Waals surface area contributed by atoms with Gasteiger partial charge in [-0.25, -0.2) is 4.98 Å². The summed E-state index contributed by atoms with van der Waals surface area (Å²) in [6.07, 6.45) is 0. The lowest BCUT2D eigenvalue weighted by Crippen LogP contribution is -1.96. The number of nitro benzene ring substituents is 1. The molecule has 3 rings (SSSR count). The molecule has 0 saturated carbocycles. The number of hydrogen-bond acceptors (Lipinski definition) is 7. The maximum absolute atomic E-state index is 11.2. The van der Waals surface area contributed by atoms with Gasteiger partial charge in [0, 0.05) is 12.1 Å². The van der Waals surface area contributed by atoms with E-state index in [1.165, 1.54) is 28.9 Å². The van der Waals surface area contributed by atoms with Crippen LogP contribution in [0.5, 0.6) is 0 Å². The summed E-state index contributed by atoms with van der Waals surface area (Å²) in [6.45, 7) is 0. The van der Waals surface area contributed by atoms with Crippen molar-refractivity contribution in [3.63, 3.8) is 0 Å². The van der Waals surface area contributed by atoms with Crippen LogP contribution in [0.1, 0.15) is 5.56 Å². The third kappa shape index (κ3) is 3.42. The Balaban J connectivity index is 1.90. The predicted octanol–water partition coefficient (Wildman–Crippen LogP) is 4.57. The van der Waals surface area contributed by atoms with Crippen molar-refractivity contribution in [2.24, 2.45) is 0 Å². The number of benzene rings is 2. The van der Waals surface area contributed by atoms with Crippen LogP contribution in [0.15, 0.2) is 58.3 Å². The van der Waals surface area contributed by atoms with Crippen LogP contribution in [-0.2, 0) is 0 Å². The summed E-state index contributed by atoms with van der Waals surface area (Å²) in [6, 6.07) is 13.0. The molecule has 3 aromatic rings. The third-order valence-electron chi connectivity index (χ3n) is 3.10. The molecule has 0 radical (unpaired) electrons. The van der Waals surface area contributed by atoms with Crippen molar-refractivity contribution in [2.75, 3.05) is 0 Å². The van der Waals surface area contributed by atoms with Crippen LogP contribution in [0.4, 0.5) is 5.69 Å². The molecule has 0 saturated heterocycles. The van der Waals surface area contributed by atoms with E-state index in [9.17, 15) is 20.2 Å². The van der Waals surface area contributed by atoms with Gasteiger partial charge in [0.25, 0.3) is 11.4 Å². The Hall–Kier alpha value is -2.78. The number of fused-ring (bicyclic) bond motifs is 1. The first-order valence-corrected chi connectivity index (χ1v) is 8.36. The minimum absolute atomic E-state index is 0.00601. The minimum atomic E-state index is -0.466. The van der Waals surface area contributed by atoms with Gasteiger partial charge in [0.15, 0.2) is 4.34 Å². The summed E-state index contributed by atoms with van der Waals surface area (Å²) in [4.78, 5) is 25.5. The highest BCUT2D eigenvalue weighted by molar-refractivity contribution is 8.04. The van der Waals surface area contributed by atoms with Crippen LogP contribution in [0.2, 0.25) is 0 Å². The van der Waals surface area contributed by atoms with E-state index in [1.807, 2.05) is 0 Å². The van der Waals surface area contributed by atoms with Crippen LogP contribution >= 0.6 is 23.1 Å². The van der Waals surface area contributed by atoms with Gasteiger partial charge in [-0.15, -0.1) is 11.3 Å². The van der Waals surface area contributed by atoms with Crippen molar-refractivity contribution >= 4 is 44.7 Å². The van der Waals surface area contributed by atoms with Crippen LogP contribution in [0.25, 0.3) is 15.9 Å². The van der Waals surface area contributed by atoms with Gasteiger partial charge in [-0.05, 0) is 18.2 Å². The van der Waals surface area contributed by atoms with Crippen molar-refractivity contribution in [3.05, 3.63) is 79.7 Å². The summed E-state index contributed by atoms with van der Waals surface area (Å²) in [5.74, 6) is 0. The summed E-state index contributed by atoms with van der Waals surface area (Å²) in [5.41, 5.74) is 1.11. The zero-order valence-corrected chi connectivity index (χ0v) is 13.6. The van der Waals surface area contributed by atoms with Gasteiger partial charge in [-0.1, -0.05) is 30.0 Å². The lowest BCUT2D eigenvalue weighted by Gasteiger charge is -1.97. The minimum Gasteiger partial charge on any atom is -0.258 e. The molecule has 9 heteroatoms. The molecule has 0 N–H and O–H groups in total. The average Bonchev–Trinajstić information content (AvgIpc) is 2.97. The molecule has 0 aliphatic heterocycles. The molecule has 120 valence electrons. The number of aromatic nitrogens is 1. The van der Waals surface area contributed by atoms with Gasteiger partial charge in [0.05, 0.1) is 31.0 Å². The second kappa shape index (κ2) is 6.77. The Morgan fingerprint density at radius 3 is 2.54 bits per heavy atom. The number of nitro groups is 2. The first-order valence-electron chi connectivity index (χ1n) is 6.66. The highest BCUT2D eigenvalue weighted by Crippen LogP contribution is 2.33. The molecule has 0 spiro atoms. The fourth-order valence-corrected chi connectivity index (χ4v) is 3.91. The molecule has 0 atom stereocenters. The van der Waals surface area contributed by atoms with Crippen molar-refractivity contribution in [3.8, 4) is 0 Å². The van der Waals surface area contributed by atoms with Crippen LogP contribution in [0, 0.1) is 20.2 Å². The number of hydrogen-bond donors (Lipinski definition) is 0. The number of thiazole rings is 1. The zero-order valence-electron chi connectivity index (χ0n) is 12.0. The maximum atomic E-state index is 11.2. The van der Waals surface area contributed by atoms with Crippen LogP contribution in [0.3, 0.4) is 0 Å². The molecule has 2 aromatic carbocycles. The summed E-state index contributed by atoms with van der Waals surface area (Å²) in [7, 11) is 0. The molecule has 0 aliphatic rings. The monoisotopic (exact) mass is 359 g/mol. The molecule has 0 bridgehead atoms. The highest BCUT2D eigenvalue weighted by Gasteiger charge is 2.15. The number of non-ortho nitro benzene ring substituents is 1. The Bertz CT molecular complexity index is 954. The predicted molar refractivity (Wildman–Crippen MR) is 93.5 cm³/mol. The standard InChI is InChI=1S/C15H9N3O4S2/c19-17(20)11-6-7-12-14(8-11)24-15(16-12)23-9-13(18(21)22)10-4-2-1-3-5-10/h1-9H/b13-9+. The smallest absolute Gasteiger partial charge is 0.258 e. The molecule has 0 amide bonds. The highest BCUT2D eigenvalue weighted by atomic mass is 32.2. The largest absolute Gasteiger partial charge is 0.283 e. The number of thioether (sulfide) groups is 1. The molecule has 1 aromatic heterocycles. The third-order valence-corrected chi connectivity index (χ3v) is 5.09. The fraction of sp³-hybridized carbons (Fsp3) is 0. The number of rotatable bonds is 5. The van der Waals surface area contributed by atoms with E-state index < -0.39 is 9.85 Å². The van der Waals surface area contributed by atoms with Gasteiger partial charge in [-0.3, -0.25) is 20.2 Å². The Morgan fingerprint density at radius 2 is 1.88 bits per heavy atom. The summed E-state index contributed by atoms with van der Waals surface area (Å²) < 4.78 is 1.25. The lowest BCUT2D eigenvalue weighted by molar-refractivity contribution is -0.384. The summed E-state index contributed by atoms with van der Waals surface area (Å²) >= 11 is 2.38. The molecule has 0 fully saturated rings. The average molecular weight is 359 g/mol. The normalized spacial score (nSPS) is 11.6. The van der Waals surface area contributed by atoms with Crippen molar-refractivity contribution in [1.29, 1.82) is 0 Å². The second-order valence-electron chi connectivity index (χ2n) is 4.63.